The summed E-state index contributed by atoms with van der Waals surface area (Å²) in [6.45, 7) is 7.55. The number of carbonyl (C=O) groups is 1. The van der Waals surface area contributed by atoms with E-state index in [1.807, 2.05) is 6.92 Å². The fourth-order valence-electron chi connectivity index (χ4n) is 3.69. The van der Waals surface area contributed by atoms with Crippen molar-refractivity contribution in [3.05, 3.63) is 0 Å². The highest BCUT2D eigenvalue weighted by molar-refractivity contribution is 5.76. The van der Waals surface area contributed by atoms with Gasteiger partial charge in [-0.1, -0.05) is 25.7 Å². The van der Waals surface area contributed by atoms with Gasteiger partial charge in [0.1, 0.15) is 0 Å². The molecule has 0 aromatic rings. The van der Waals surface area contributed by atoms with E-state index in [2.05, 4.69) is 10.2 Å². The minimum atomic E-state index is 0.116. The Morgan fingerprint density at radius 3 is 2.50 bits per heavy atom. The molecule has 1 saturated carbocycles. The molecule has 0 aromatic heterocycles. The Hall–Kier alpha value is -0.650. The van der Waals surface area contributed by atoms with Crippen LogP contribution in [-0.2, 0) is 14.3 Å². The Labute approximate surface area is 134 Å². The molecule has 1 N–H and O–H groups in total. The van der Waals surface area contributed by atoms with Crippen molar-refractivity contribution < 1.29 is 14.3 Å². The van der Waals surface area contributed by atoms with Gasteiger partial charge in [0.2, 0.25) is 5.91 Å². The number of nitrogens with zero attached hydrogens (tertiary/aromatic N) is 1. The maximum atomic E-state index is 12.0. The average molecular weight is 312 g/mol. The summed E-state index contributed by atoms with van der Waals surface area (Å²) < 4.78 is 10.8. The Kier molecular flexibility index (Phi) is 7.63. The largest absolute Gasteiger partial charge is 0.381 e. The minimum Gasteiger partial charge on any atom is -0.381 e. The van der Waals surface area contributed by atoms with Gasteiger partial charge in [0, 0.05) is 38.2 Å². The smallest absolute Gasteiger partial charge is 0.222 e. The summed E-state index contributed by atoms with van der Waals surface area (Å²) in [5.74, 6) is 0.116. The molecular formula is C17H32N2O3. The van der Waals surface area contributed by atoms with Crippen LogP contribution in [0.15, 0.2) is 0 Å². The third-order valence-electron chi connectivity index (χ3n) is 5.01. The summed E-state index contributed by atoms with van der Waals surface area (Å²) >= 11 is 0. The SMILES string of the molecule is CCOCCC(=O)NCC1(N2CCOCC2)CCCCCC1. The van der Waals surface area contributed by atoms with E-state index in [9.17, 15) is 4.79 Å². The van der Waals surface area contributed by atoms with Crippen molar-refractivity contribution >= 4 is 5.91 Å². The predicted octanol–water partition coefficient (Wildman–Crippen LogP) is 1.95. The maximum Gasteiger partial charge on any atom is 0.222 e. The standard InChI is InChI=1S/C17H32N2O3/c1-2-21-12-7-16(20)18-15-17(8-5-3-4-6-9-17)19-10-13-22-14-11-19/h2-15H2,1H3,(H,18,20). The molecule has 0 atom stereocenters. The predicted molar refractivity (Wildman–Crippen MR) is 86.9 cm³/mol. The van der Waals surface area contributed by atoms with Gasteiger partial charge < -0.3 is 14.8 Å². The van der Waals surface area contributed by atoms with E-state index in [0.29, 0.717) is 19.6 Å². The molecule has 0 aromatic carbocycles. The molecule has 2 rings (SSSR count). The number of rotatable bonds is 7. The molecule has 22 heavy (non-hydrogen) atoms. The molecule has 5 heteroatoms. The van der Waals surface area contributed by atoms with E-state index in [1.165, 1.54) is 38.5 Å². The zero-order chi connectivity index (χ0) is 15.7. The molecule has 5 nitrogen and oxygen atoms in total. The van der Waals surface area contributed by atoms with Gasteiger partial charge in [0.25, 0.3) is 0 Å². The van der Waals surface area contributed by atoms with Crippen molar-refractivity contribution in [2.45, 2.75) is 57.4 Å². The Balaban J connectivity index is 1.90. The second-order valence-corrected chi connectivity index (χ2v) is 6.46. The van der Waals surface area contributed by atoms with E-state index >= 15 is 0 Å². The lowest BCUT2D eigenvalue weighted by Gasteiger charge is -2.45. The topological polar surface area (TPSA) is 50.8 Å². The Morgan fingerprint density at radius 2 is 1.86 bits per heavy atom. The van der Waals surface area contributed by atoms with Crippen molar-refractivity contribution in [1.29, 1.82) is 0 Å². The molecular weight excluding hydrogens is 280 g/mol. The summed E-state index contributed by atoms with van der Waals surface area (Å²) in [6.07, 6.45) is 8.04. The van der Waals surface area contributed by atoms with Crippen LogP contribution < -0.4 is 5.32 Å². The van der Waals surface area contributed by atoms with Crippen LogP contribution in [0, 0.1) is 0 Å². The lowest BCUT2D eigenvalue weighted by molar-refractivity contribution is -0.123. The molecule has 2 aliphatic rings. The van der Waals surface area contributed by atoms with Gasteiger partial charge in [-0.3, -0.25) is 9.69 Å². The number of carbonyl (C=O) groups excluding carboxylic acids is 1. The minimum absolute atomic E-state index is 0.116. The first-order valence-electron chi connectivity index (χ1n) is 8.94. The normalized spacial score (nSPS) is 23.0. The Bertz CT molecular complexity index is 322. The molecule has 0 bridgehead atoms. The van der Waals surface area contributed by atoms with E-state index in [0.717, 1.165) is 32.8 Å². The molecule has 128 valence electrons. The quantitative estimate of drug-likeness (QED) is 0.577. The van der Waals surface area contributed by atoms with Crippen molar-refractivity contribution in [1.82, 2.24) is 10.2 Å². The van der Waals surface area contributed by atoms with E-state index < -0.39 is 0 Å². The van der Waals surface area contributed by atoms with Crippen LogP contribution in [0.3, 0.4) is 0 Å². The van der Waals surface area contributed by atoms with Crippen molar-refractivity contribution in [2.24, 2.45) is 0 Å². The lowest BCUT2D eigenvalue weighted by Crippen LogP contribution is -2.58. The molecule has 0 spiro atoms. The lowest BCUT2D eigenvalue weighted by atomic mass is 9.87. The Morgan fingerprint density at radius 1 is 1.18 bits per heavy atom. The molecule has 1 aliphatic carbocycles. The van der Waals surface area contributed by atoms with Crippen LogP contribution in [0.1, 0.15) is 51.9 Å². The highest BCUT2D eigenvalue weighted by Gasteiger charge is 2.37. The third-order valence-corrected chi connectivity index (χ3v) is 5.01. The zero-order valence-corrected chi connectivity index (χ0v) is 14.1. The number of nitrogens with one attached hydrogen (secondary N) is 1. The van der Waals surface area contributed by atoms with Crippen LogP contribution in [0.2, 0.25) is 0 Å². The summed E-state index contributed by atoms with van der Waals surface area (Å²) in [5.41, 5.74) is 0.140. The summed E-state index contributed by atoms with van der Waals surface area (Å²) in [4.78, 5) is 14.6. The molecule has 1 heterocycles. The molecule has 1 amide bonds. The number of hydrogen-bond donors (Lipinski definition) is 1. The van der Waals surface area contributed by atoms with Crippen LogP contribution in [0.5, 0.6) is 0 Å². The first-order valence-corrected chi connectivity index (χ1v) is 8.94. The summed E-state index contributed by atoms with van der Waals surface area (Å²) in [5, 5.41) is 3.18. The summed E-state index contributed by atoms with van der Waals surface area (Å²) in [7, 11) is 0. The maximum absolute atomic E-state index is 12.0. The van der Waals surface area contributed by atoms with Crippen LogP contribution in [0.25, 0.3) is 0 Å². The van der Waals surface area contributed by atoms with Crippen molar-refractivity contribution in [3.63, 3.8) is 0 Å². The molecule has 0 radical (unpaired) electrons. The van der Waals surface area contributed by atoms with E-state index in [4.69, 9.17) is 9.47 Å². The van der Waals surface area contributed by atoms with Crippen molar-refractivity contribution in [2.75, 3.05) is 46.1 Å². The van der Waals surface area contributed by atoms with Gasteiger partial charge >= 0.3 is 0 Å². The highest BCUT2D eigenvalue weighted by Crippen LogP contribution is 2.32. The molecule has 0 unspecified atom stereocenters. The van der Waals surface area contributed by atoms with Gasteiger partial charge in [-0.05, 0) is 19.8 Å². The first kappa shape index (κ1) is 17.7. The third kappa shape index (κ3) is 5.21. The fraction of sp³-hybridized carbons (Fsp3) is 0.941. The van der Waals surface area contributed by atoms with Crippen molar-refractivity contribution in [3.8, 4) is 0 Å². The molecule has 1 aliphatic heterocycles. The van der Waals surface area contributed by atoms with Gasteiger partial charge in [0.05, 0.1) is 19.8 Å². The van der Waals surface area contributed by atoms with Crippen LogP contribution in [-0.4, -0.2) is 62.4 Å². The van der Waals surface area contributed by atoms with E-state index in [1.54, 1.807) is 0 Å². The van der Waals surface area contributed by atoms with Crippen LogP contribution in [0.4, 0.5) is 0 Å². The number of ether oxygens (including phenoxy) is 2. The molecule has 2 fully saturated rings. The van der Waals surface area contributed by atoms with Gasteiger partial charge in [-0.25, -0.2) is 0 Å². The monoisotopic (exact) mass is 312 g/mol. The second kappa shape index (κ2) is 9.48. The fourth-order valence-corrected chi connectivity index (χ4v) is 3.69. The van der Waals surface area contributed by atoms with Gasteiger partial charge in [-0.15, -0.1) is 0 Å². The number of amides is 1. The van der Waals surface area contributed by atoms with Gasteiger partial charge in [0.15, 0.2) is 0 Å². The first-order chi connectivity index (χ1) is 10.8. The summed E-state index contributed by atoms with van der Waals surface area (Å²) in [6, 6.07) is 0. The number of morpholine rings is 1. The van der Waals surface area contributed by atoms with E-state index in [-0.39, 0.29) is 11.4 Å². The average Bonchev–Trinajstić information content (AvgIpc) is 2.81. The van der Waals surface area contributed by atoms with Crippen LogP contribution >= 0.6 is 0 Å². The second-order valence-electron chi connectivity index (χ2n) is 6.46. The van der Waals surface area contributed by atoms with Gasteiger partial charge in [-0.2, -0.15) is 0 Å². The zero-order valence-electron chi connectivity index (χ0n) is 14.1. The number of hydrogen-bond acceptors (Lipinski definition) is 4. The molecule has 1 saturated heterocycles. The highest BCUT2D eigenvalue weighted by atomic mass is 16.5.